The molecule has 140 valence electrons. The fourth-order valence-electron chi connectivity index (χ4n) is 3.15. The predicted molar refractivity (Wildman–Crippen MR) is 91.3 cm³/mol. The normalized spacial score (nSPS) is 15.1. The van der Waals surface area contributed by atoms with Crippen LogP contribution in [0.1, 0.15) is 30.6 Å². The van der Waals surface area contributed by atoms with Crippen molar-refractivity contribution in [3.8, 4) is 5.69 Å². The molecule has 4 rings (SSSR count). The summed E-state index contributed by atoms with van der Waals surface area (Å²) in [6, 6.07) is 7.78. The topological polar surface area (TPSA) is 64.7 Å². The van der Waals surface area contributed by atoms with E-state index in [9.17, 15) is 18.0 Å². The number of carbonyl (C=O) groups excluding carboxylic acids is 1. The lowest BCUT2D eigenvalue weighted by molar-refractivity contribution is -0.118. The molecule has 9 heteroatoms. The Balaban J connectivity index is 1.55. The second-order valence-electron chi connectivity index (χ2n) is 6.52. The molecule has 0 unspecified atom stereocenters. The Hall–Kier alpha value is -3.10. The number of carbonyl (C=O) groups is 1. The van der Waals surface area contributed by atoms with Gasteiger partial charge in [0.2, 0.25) is 5.91 Å². The van der Waals surface area contributed by atoms with Crippen molar-refractivity contribution in [2.24, 2.45) is 0 Å². The minimum absolute atomic E-state index is 0.256. The van der Waals surface area contributed by atoms with Gasteiger partial charge in [-0.3, -0.25) is 4.79 Å². The van der Waals surface area contributed by atoms with Crippen LogP contribution in [0.3, 0.4) is 0 Å². The largest absolute Gasteiger partial charge is 0.333 e. The average molecular weight is 375 g/mol. The third-order valence-electron chi connectivity index (χ3n) is 4.74. The van der Waals surface area contributed by atoms with Gasteiger partial charge in [-0.05, 0) is 25.8 Å². The zero-order chi connectivity index (χ0) is 19.2. The Labute approximate surface area is 152 Å². The number of amides is 1. The molecule has 1 saturated carbocycles. The van der Waals surface area contributed by atoms with E-state index in [4.69, 9.17) is 0 Å². The summed E-state index contributed by atoms with van der Waals surface area (Å²) >= 11 is 0. The van der Waals surface area contributed by atoms with Gasteiger partial charge in [0.25, 0.3) is 0 Å². The molecule has 1 aliphatic carbocycles. The molecule has 0 bridgehead atoms. The predicted octanol–water partition coefficient (Wildman–Crippen LogP) is 3.58. The Morgan fingerprint density at radius 2 is 1.96 bits per heavy atom. The summed E-state index contributed by atoms with van der Waals surface area (Å²) in [6.45, 7) is -1.16. The van der Waals surface area contributed by atoms with E-state index in [2.05, 4.69) is 15.5 Å². The van der Waals surface area contributed by atoms with Gasteiger partial charge in [-0.15, -0.1) is 5.10 Å². The van der Waals surface area contributed by atoms with Crippen LogP contribution >= 0.6 is 0 Å². The molecule has 1 aliphatic rings. The molecule has 2 aromatic heterocycles. The average Bonchev–Trinajstić information content (AvgIpc) is 3.15. The maximum atomic E-state index is 14.1. The van der Waals surface area contributed by atoms with Crippen LogP contribution < -0.4 is 5.32 Å². The van der Waals surface area contributed by atoms with E-state index in [1.807, 2.05) is 0 Å². The van der Waals surface area contributed by atoms with E-state index in [1.165, 1.54) is 23.1 Å². The van der Waals surface area contributed by atoms with Gasteiger partial charge in [-0.25, -0.2) is 13.8 Å². The van der Waals surface area contributed by atoms with Crippen molar-refractivity contribution in [2.45, 2.75) is 31.7 Å². The van der Waals surface area contributed by atoms with Crippen LogP contribution in [-0.4, -0.2) is 25.5 Å². The SMILES string of the molecule is Cc1nn(C(F)F)cc1-n1ccc(NC(=O)C2(c3ccccc3F)CC2)n1. The summed E-state index contributed by atoms with van der Waals surface area (Å²) in [5.41, 5.74) is 0.245. The summed E-state index contributed by atoms with van der Waals surface area (Å²) in [6.07, 6.45) is 3.83. The minimum atomic E-state index is -2.75. The van der Waals surface area contributed by atoms with E-state index >= 15 is 0 Å². The lowest BCUT2D eigenvalue weighted by Gasteiger charge is -2.15. The van der Waals surface area contributed by atoms with Crippen LogP contribution in [0.15, 0.2) is 42.7 Å². The quantitative estimate of drug-likeness (QED) is 0.741. The van der Waals surface area contributed by atoms with E-state index in [0.29, 0.717) is 34.5 Å². The Bertz CT molecular complexity index is 1010. The number of anilines is 1. The lowest BCUT2D eigenvalue weighted by Crippen LogP contribution is -2.29. The van der Waals surface area contributed by atoms with Crippen molar-refractivity contribution in [1.82, 2.24) is 19.6 Å². The first-order valence-corrected chi connectivity index (χ1v) is 8.37. The molecule has 1 amide bonds. The smallest absolute Gasteiger partial charge is 0.308 e. The third kappa shape index (κ3) is 2.98. The van der Waals surface area contributed by atoms with E-state index in [-0.39, 0.29) is 11.7 Å². The zero-order valence-electron chi connectivity index (χ0n) is 14.4. The molecule has 1 N–H and O–H groups in total. The lowest BCUT2D eigenvalue weighted by atomic mass is 9.94. The van der Waals surface area contributed by atoms with Gasteiger partial charge in [-0.2, -0.15) is 13.9 Å². The number of rotatable bonds is 5. The highest BCUT2D eigenvalue weighted by atomic mass is 19.3. The minimum Gasteiger partial charge on any atom is -0.308 e. The number of hydrogen-bond acceptors (Lipinski definition) is 3. The molecule has 0 spiro atoms. The summed E-state index contributed by atoms with van der Waals surface area (Å²) in [4.78, 5) is 12.7. The fourth-order valence-corrected chi connectivity index (χ4v) is 3.15. The highest BCUT2D eigenvalue weighted by Gasteiger charge is 2.52. The number of benzene rings is 1. The van der Waals surface area contributed by atoms with Gasteiger partial charge in [0.05, 0.1) is 17.3 Å². The second kappa shape index (κ2) is 6.26. The first kappa shape index (κ1) is 17.3. The summed E-state index contributed by atoms with van der Waals surface area (Å²) in [5.74, 6) is -0.490. The molecule has 0 aliphatic heterocycles. The molecule has 27 heavy (non-hydrogen) atoms. The third-order valence-corrected chi connectivity index (χ3v) is 4.74. The number of hydrogen-bond donors (Lipinski definition) is 1. The maximum Gasteiger partial charge on any atom is 0.333 e. The Kier molecular flexibility index (Phi) is 4.01. The monoisotopic (exact) mass is 375 g/mol. The molecule has 0 radical (unpaired) electrons. The molecule has 0 atom stereocenters. The van der Waals surface area contributed by atoms with Crippen LogP contribution in [0.5, 0.6) is 0 Å². The molecule has 3 aromatic rings. The van der Waals surface area contributed by atoms with Crippen LogP contribution in [0.4, 0.5) is 19.0 Å². The van der Waals surface area contributed by atoms with Crippen molar-refractivity contribution in [3.63, 3.8) is 0 Å². The maximum absolute atomic E-state index is 14.1. The van der Waals surface area contributed by atoms with Gasteiger partial charge in [0.15, 0.2) is 5.82 Å². The van der Waals surface area contributed by atoms with Crippen molar-refractivity contribution >= 4 is 11.7 Å². The highest BCUT2D eigenvalue weighted by Crippen LogP contribution is 2.49. The number of alkyl halides is 2. The zero-order valence-corrected chi connectivity index (χ0v) is 14.4. The van der Waals surface area contributed by atoms with Crippen molar-refractivity contribution in [2.75, 3.05) is 5.32 Å². The number of nitrogens with one attached hydrogen (secondary N) is 1. The van der Waals surface area contributed by atoms with Gasteiger partial charge >= 0.3 is 6.55 Å². The molecule has 1 aromatic carbocycles. The first-order chi connectivity index (χ1) is 12.9. The molecule has 2 heterocycles. The molecular weight excluding hydrogens is 359 g/mol. The van der Waals surface area contributed by atoms with E-state index in [1.54, 1.807) is 31.2 Å². The Morgan fingerprint density at radius 1 is 1.22 bits per heavy atom. The van der Waals surface area contributed by atoms with E-state index < -0.39 is 17.8 Å². The van der Waals surface area contributed by atoms with Gasteiger partial charge < -0.3 is 5.32 Å². The standard InChI is InChI=1S/C18H16F3N5O/c1-11-14(10-26(23-11)17(20)21)25-9-6-15(24-25)22-16(27)18(7-8-18)12-4-2-3-5-13(12)19/h2-6,9-10,17H,7-8H2,1H3,(H,22,24,27). The van der Waals surface area contributed by atoms with Crippen LogP contribution in [0.25, 0.3) is 5.69 Å². The van der Waals surface area contributed by atoms with Gasteiger partial charge in [-0.1, -0.05) is 18.2 Å². The van der Waals surface area contributed by atoms with Crippen LogP contribution in [0, 0.1) is 12.7 Å². The summed E-state index contributed by atoms with van der Waals surface area (Å²) in [7, 11) is 0. The number of nitrogens with zero attached hydrogens (tertiary/aromatic N) is 4. The van der Waals surface area contributed by atoms with Crippen molar-refractivity contribution in [3.05, 3.63) is 59.8 Å². The molecule has 0 saturated heterocycles. The van der Waals surface area contributed by atoms with Crippen molar-refractivity contribution in [1.29, 1.82) is 0 Å². The molecule has 1 fully saturated rings. The highest BCUT2D eigenvalue weighted by molar-refractivity contribution is 6.00. The number of aromatic nitrogens is 4. The molecule has 6 nitrogen and oxygen atoms in total. The molecular formula is C18H16F3N5O. The fraction of sp³-hybridized carbons (Fsp3) is 0.278. The second-order valence-corrected chi connectivity index (χ2v) is 6.52. The van der Waals surface area contributed by atoms with Crippen LogP contribution in [-0.2, 0) is 10.2 Å². The first-order valence-electron chi connectivity index (χ1n) is 8.37. The summed E-state index contributed by atoms with van der Waals surface area (Å²) < 4.78 is 41.5. The van der Waals surface area contributed by atoms with Crippen LogP contribution in [0.2, 0.25) is 0 Å². The van der Waals surface area contributed by atoms with Gasteiger partial charge in [0.1, 0.15) is 11.5 Å². The van der Waals surface area contributed by atoms with E-state index in [0.717, 1.165) is 0 Å². The number of halogens is 3. The summed E-state index contributed by atoms with van der Waals surface area (Å²) in [5, 5.41) is 10.6. The van der Waals surface area contributed by atoms with Crippen molar-refractivity contribution < 1.29 is 18.0 Å². The van der Waals surface area contributed by atoms with Gasteiger partial charge in [0, 0.05) is 17.8 Å². The Morgan fingerprint density at radius 3 is 2.59 bits per heavy atom. The number of aryl methyl sites for hydroxylation is 1.